The Bertz CT molecular complexity index is 999. The van der Waals surface area contributed by atoms with Crippen LogP contribution in [0.1, 0.15) is 23.6 Å². The molecule has 0 spiro atoms. The maximum atomic E-state index is 13.0. The fourth-order valence-electron chi connectivity index (χ4n) is 2.86. The van der Waals surface area contributed by atoms with E-state index in [1.165, 1.54) is 12.1 Å². The van der Waals surface area contributed by atoms with Crippen LogP contribution in [0, 0.1) is 5.82 Å². The van der Waals surface area contributed by atoms with Crippen molar-refractivity contribution in [3.05, 3.63) is 91.6 Å². The summed E-state index contributed by atoms with van der Waals surface area (Å²) in [6.45, 7) is 4.04. The molecule has 0 fully saturated rings. The van der Waals surface area contributed by atoms with Crippen LogP contribution in [0.25, 0.3) is 0 Å². The summed E-state index contributed by atoms with van der Waals surface area (Å²) >= 11 is 15.6. The topological polar surface area (TPSA) is 30.5 Å². The Morgan fingerprint density at radius 2 is 1.57 bits per heavy atom. The van der Waals surface area contributed by atoms with Crippen molar-refractivity contribution in [2.45, 2.75) is 26.6 Å². The van der Waals surface area contributed by atoms with Gasteiger partial charge in [0, 0.05) is 13.1 Å². The first-order chi connectivity index (χ1) is 14.5. The molecule has 1 N–H and O–H groups in total. The minimum atomic E-state index is -0.236. The van der Waals surface area contributed by atoms with E-state index in [1.54, 1.807) is 24.3 Å². The lowest BCUT2D eigenvalue weighted by atomic mass is 10.1. The molecule has 7 heteroatoms. The molecule has 0 radical (unpaired) electrons. The second-order valence-electron chi connectivity index (χ2n) is 6.61. The van der Waals surface area contributed by atoms with E-state index in [2.05, 4.69) is 21.2 Å². The van der Waals surface area contributed by atoms with Gasteiger partial charge in [-0.2, -0.15) is 0 Å². The Morgan fingerprint density at radius 3 is 2.27 bits per heavy atom. The van der Waals surface area contributed by atoms with Crippen LogP contribution in [0.5, 0.6) is 11.5 Å². The summed E-state index contributed by atoms with van der Waals surface area (Å²) < 4.78 is 25.6. The molecule has 0 bridgehead atoms. The smallest absolute Gasteiger partial charge is 0.175 e. The van der Waals surface area contributed by atoms with Crippen LogP contribution in [0.15, 0.2) is 59.1 Å². The summed E-state index contributed by atoms with van der Waals surface area (Å²) in [5, 5.41) is 4.35. The van der Waals surface area contributed by atoms with Crippen LogP contribution in [0.2, 0.25) is 10.0 Å². The number of halogens is 4. The second kappa shape index (κ2) is 11.0. The van der Waals surface area contributed by atoms with Gasteiger partial charge in [-0.1, -0.05) is 41.4 Å². The van der Waals surface area contributed by atoms with E-state index in [0.29, 0.717) is 47.8 Å². The fourth-order valence-corrected chi connectivity index (χ4v) is 3.79. The van der Waals surface area contributed by atoms with Crippen molar-refractivity contribution in [2.24, 2.45) is 0 Å². The van der Waals surface area contributed by atoms with Crippen molar-refractivity contribution in [1.82, 2.24) is 5.32 Å². The molecule has 3 nitrogen and oxygen atoms in total. The predicted molar refractivity (Wildman–Crippen MR) is 123 cm³/mol. The number of nitrogens with one attached hydrogen (secondary N) is 1. The van der Waals surface area contributed by atoms with E-state index in [4.69, 9.17) is 32.7 Å². The average molecular weight is 513 g/mol. The van der Waals surface area contributed by atoms with E-state index in [0.717, 1.165) is 21.2 Å². The highest BCUT2D eigenvalue weighted by Crippen LogP contribution is 2.37. The molecule has 0 saturated carbocycles. The molecule has 0 aliphatic rings. The molecule has 0 heterocycles. The van der Waals surface area contributed by atoms with E-state index in [1.807, 2.05) is 25.1 Å². The van der Waals surface area contributed by atoms with Gasteiger partial charge < -0.3 is 14.8 Å². The highest BCUT2D eigenvalue weighted by atomic mass is 79.9. The van der Waals surface area contributed by atoms with E-state index < -0.39 is 0 Å². The van der Waals surface area contributed by atoms with Crippen LogP contribution < -0.4 is 14.8 Å². The molecule has 0 unspecified atom stereocenters. The maximum absolute atomic E-state index is 13.0. The van der Waals surface area contributed by atoms with Crippen molar-refractivity contribution in [1.29, 1.82) is 0 Å². The van der Waals surface area contributed by atoms with Gasteiger partial charge in [-0.05, 0) is 75.9 Å². The highest BCUT2D eigenvalue weighted by Gasteiger charge is 2.13. The largest absolute Gasteiger partial charge is 0.490 e. The fraction of sp³-hybridized carbons (Fsp3) is 0.217. The number of benzene rings is 3. The van der Waals surface area contributed by atoms with Crippen LogP contribution in [-0.2, 0) is 19.7 Å². The second-order valence-corrected chi connectivity index (χ2v) is 8.27. The summed E-state index contributed by atoms with van der Waals surface area (Å²) in [6, 6.07) is 15.8. The molecule has 30 heavy (non-hydrogen) atoms. The Kier molecular flexibility index (Phi) is 8.40. The van der Waals surface area contributed by atoms with Crippen LogP contribution in [0.3, 0.4) is 0 Å². The lowest BCUT2D eigenvalue weighted by molar-refractivity contribution is 0.267. The minimum Gasteiger partial charge on any atom is -0.490 e. The van der Waals surface area contributed by atoms with Crippen molar-refractivity contribution in [2.75, 3.05) is 6.61 Å². The average Bonchev–Trinajstić information content (AvgIpc) is 2.72. The Labute approximate surface area is 194 Å². The summed E-state index contributed by atoms with van der Waals surface area (Å²) in [7, 11) is 0. The van der Waals surface area contributed by atoms with E-state index >= 15 is 0 Å². The van der Waals surface area contributed by atoms with Crippen molar-refractivity contribution >= 4 is 39.1 Å². The molecule has 0 atom stereocenters. The molecule has 0 amide bonds. The van der Waals surface area contributed by atoms with Crippen LogP contribution in [-0.4, -0.2) is 6.61 Å². The summed E-state index contributed by atoms with van der Waals surface area (Å²) in [6.07, 6.45) is 0. The maximum Gasteiger partial charge on any atom is 0.175 e. The number of hydrogen-bond donors (Lipinski definition) is 1. The monoisotopic (exact) mass is 511 g/mol. The van der Waals surface area contributed by atoms with E-state index in [9.17, 15) is 4.39 Å². The van der Waals surface area contributed by atoms with Crippen molar-refractivity contribution in [3.63, 3.8) is 0 Å². The van der Waals surface area contributed by atoms with Gasteiger partial charge >= 0.3 is 0 Å². The van der Waals surface area contributed by atoms with Gasteiger partial charge in [-0.15, -0.1) is 0 Å². The third-order valence-electron chi connectivity index (χ3n) is 4.31. The first-order valence-corrected chi connectivity index (χ1v) is 11.0. The first kappa shape index (κ1) is 22.9. The quantitative estimate of drug-likeness (QED) is 0.330. The molecule has 3 rings (SSSR count). The van der Waals surface area contributed by atoms with Crippen LogP contribution in [0.4, 0.5) is 4.39 Å². The zero-order valence-corrected chi connectivity index (χ0v) is 19.5. The highest BCUT2D eigenvalue weighted by molar-refractivity contribution is 9.10. The molecular weight excluding hydrogens is 492 g/mol. The lowest BCUT2D eigenvalue weighted by Crippen LogP contribution is -2.13. The van der Waals surface area contributed by atoms with Gasteiger partial charge in [0.05, 0.1) is 21.1 Å². The molecule has 0 aromatic heterocycles. The van der Waals surface area contributed by atoms with E-state index in [-0.39, 0.29) is 5.82 Å². The SMILES string of the molecule is CCOc1cc(CNCc2ccc(F)cc2)cc(Br)c1OCc1ccc(Cl)c(Cl)c1. The Hall–Kier alpha value is -1.79. The first-order valence-electron chi connectivity index (χ1n) is 9.43. The van der Waals surface area contributed by atoms with Gasteiger partial charge in [0.25, 0.3) is 0 Å². The summed E-state index contributed by atoms with van der Waals surface area (Å²) in [5.74, 6) is 1.05. The van der Waals surface area contributed by atoms with Gasteiger partial charge in [0.15, 0.2) is 11.5 Å². The standard InChI is InChI=1S/C23H21BrCl2FNO2/c1-2-29-22-11-17(13-28-12-15-3-6-18(27)7-4-15)9-19(24)23(22)30-14-16-5-8-20(25)21(26)10-16/h3-11,28H,2,12-14H2,1H3. The zero-order chi connectivity index (χ0) is 21.5. The molecular formula is C23H21BrCl2FNO2. The number of hydrogen-bond acceptors (Lipinski definition) is 3. The molecule has 0 saturated heterocycles. The summed E-state index contributed by atoms with van der Waals surface area (Å²) in [4.78, 5) is 0. The third-order valence-corrected chi connectivity index (χ3v) is 5.64. The lowest BCUT2D eigenvalue weighted by Gasteiger charge is -2.16. The number of ether oxygens (including phenoxy) is 2. The number of rotatable bonds is 9. The molecule has 3 aromatic rings. The molecule has 158 valence electrons. The normalized spacial score (nSPS) is 10.8. The van der Waals surface area contributed by atoms with Crippen molar-refractivity contribution < 1.29 is 13.9 Å². The molecule has 0 aliphatic carbocycles. The predicted octanol–water partition coefficient (Wildman–Crippen LogP) is 7.16. The Balaban J connectivity index is 1.68. The van der Waals surface area contributed by atoms with Gasteiger partial charge in [-0.25, -0.2) is 4.39 Å². The van der Waals surface area contributed by atoms with Gasteiger partial charge in [-0.3, -0.25) is 0 Å². The molecule has 0 aliphatic heterocycles. The summed E-state index contributed by atoms with van der Waals surface area (Å²) in [5.41, 5.74) is 2.96. The van der Waals surface area contributed by atoms with Gasteiger partial charge in [0.2, 0.25) is 0 Å². The van der Waals surface area contributed by atoms with Crippen LogP contribution >= 0.6 is 39.1 Å². The minimum absolute atomic E-state index is 0.236. The molecule has 3 aromatic carbocycles. The third kappa shape index (κ3) is 6.35. The zero-order valence-electron chi connectivity index (χ0n) is 16.4. The van der Waals surface area contributed by atoms with Crippen molar-refractivity contribution in [3.8, 4) is 11.5 Å². The Morgan fingerprint density at radius 1 is 0.867 bits per heavy atom. The van der Waals surface area contributed by atoms with Gasteiger partial charge in [0.1, 0.15) is 12.4 Å².